The van der Waals surface area contributed by atoms with E-state index in [-0.39, 0.29) is 6.04 Å². The average molecular weight is 207 g/mol. The lowest BCUT2D eigenvalue weighted by Gasteiger charge is -2.13. The molecule has 0 saturated carbocycles. The molecule has 74 valence electrons. The molecule has 1 aromatic rings. The minimum Gasteiger partial charge on any atom is -0.383 e. The van der Waals surface area contributed by atoms with Crippen molar-refractivity contribution in [3.63, 3.8) is 0 Å². The summed E-state index contributed by atoms with van der Waals surface area (Å²) in [5, 5.41) is 13.0. The Morgan fingerprint density at radius 1 is 1.43 bits per heavy atom. The lowest BCUT2D eigenvalue weighted by Crippen LogP contribution is -2.32. The minimum atomic E-state index is -0.851. The second-order valence-corrected chi connectivity index (χ2v) is 4.32. The summed E-state index contributed by atoms with van der Waals surface area (Å²) in [5.74, 6) is 0. The summed E-state index contributed by atoms with van der Waals surface area (Å²) in [5.41, 5.74) is 0.322. The standard InChI is InChI=1S/C11H13NOS/c1-11(13)7-9(12-10(11)14)8-5-3-2-4-6-8/h2-6,9,13H,7H2,1H3,(H,12,14)/t9-,11-/m1/s1. The van der Waals surface area contributed by atoms with Crippen LogP contribution in [-0.2, 0) is 0 Å². The SMILES string of the molecule is C[C@@]1(O)C[C@H](c2ccccc2)NC1=S. The molecule has 1 saturated heterocycles. The molecule has 2 rings (SSSR count). The predicted molar refractivity (Wildman–Crippen MR) is 60.2 cm³/mol. The molecule has 0 radical (unpaired) electrons. The van der Waals surface area contributed by atoms with E-state index in [1.807, 2.05) is 30.3 Å². The van der Waals surface area contributed by atoms with Gasteiger partial charge in [-0.15, -0.1) is 0 Å². The van der Waals surface area contributed by atoms with E-state index >= 15 is 0 Å². The maximum atomic E-state index is 9.89. The van der Waals surface area contributed by atoms with Gasteiger partial charge in [0.1, 0.15) is 10.6 Å². The van der Waals surface area contributed by atoms with Crippen molar-refractivity contribution in [1.29, 1.82) is 0 Å². The third kappa shape index (κ3) is 1.65. The first-order valence-corrected chi connectivity index (χ1v) is 5.09. The summed E-state index contributed by atoms with van der Waals surface area (Å²) in [6.07, 6.45) is 0.649. The first-order chi connectivity index (χ1) is 6.59. The van der Waals surface area contributed by atoms with Crippen molar-refractivity contribution in [2.24, 2.45) is 0 Å². The second kappa shape index (κ2) is 3.33. The van der Waals surface area contributed by atoms with Crippen LogP contribution in [0.2, 0.25) is 0 Å². The predicted octanol–water partition coefficient (Wildman–Crippen LogP) is 1.80. The van der Waals surface area contributed by atoms with Crippen molar-refractivity contribution in [1.82, 2.24) is 5.32 Å². The van der Waals surface area contributed by atoms with Crippen molar-refractivity contribution in [3.8, 4) is 0 Å². The van der Waals surface area contributed by atoms with Crippen molar-refractivity contribution >= 4 is 17.2 Å². The van der Waals surface area contributed by atoms with E-state index in [0.29, 0.717) is 11.4 Å². The van der Waals surface area contributed by atoms with Gasteiger partial charge in [0.25, 0.3) is 0 Å². The Hall–Kier alpha value is -0.930. The molecule has 1 aromatic carbocycles. The summed E-state index contributed by atoms with van der Waals surface area (Å²) in [6.45, 7) is 1.76. The lowest BCUT2D eigenvalue weighted by atomic mass is 9.98. The third-order valence-electron chi connectivity index (χ3n) is 2.60. The number of benzene rings is 1. The molecule has 1 aliphatic rings. The molecule has 14 heavy (non-hydrogen) atoms. The van der Waals surface area contributed by atoms with Crippen LogP contribution in [-0.4, -0.2) is 15.7 Å². The van der Waals surface area contributed by atoms with Crippen LogP contribution in [0.4, 0.5) is 0 Å². The molecule has 0 amide bonds. The maximum Gasteiger partial charge on any atom is 0.114 e. The van der Waals surface area contributed by atoms with E-state index < -0.39 is 5.60 Å². The van der Waals surface area contributed by atoms with E-state index in [0.717, 1.165) is 0 Å². The van der Waals surface area contributed by atoms with E-state index in [1.54, 1.807) is 6.92 Å². The molecule has 0 aliphatic carbocycles. The van der Waals surface area contributed by atoms with E-state index in [1.165, 1.54) is 5.56 Å². The zero-order valence-corrected chi connectivity index (χ0v) is 8.84. The lowest BCUT2D eigenvalue weighted by molar-refractivity contribution is 0.132. The Balaban J connectivity index is 2.21. The molecular weight excluding hydrogens is 194 g/mol. The topological polar surface area (TPSA) is 32.3 Å². The van der Waals surface area contributed by atoms with E-state index in [2.05, 4.69) is 5.32 Å². The third-order valence-corrected chi connectivity index (χ3v) is 3.16. The largest absolute Gasteiger partial charge is 0.383 e. The van der Waals surface area contributed by atoms with Crippen molar-refractivity contribution < 1.29 is 5.11 Å². The Labute approximate surface area is 89.0 Å². The van der Waals surface area contributed by atoms with Crippen LogP contribution in [0.3, 0.4) is 0 Å². The number of thiocarbonyl (C=S) groups is 1. The van der Waals surface area contributed by atoms with Gasteiger partial charge in [0.2, 0.25) is 0 Å². The first-order valence-electron chi connectivity index (χ1n) is 4.68. The molecule has 1 aliphatic heterocycles. The van der Waals surface area contributed by atoms with Gasteiger partial charge >= 0.3 is 0 Å². The number of aliphatic hydroxyl groups is 1. The Bertz CT molecular complexity index is 348. The second-order valence-electron chi connectivity index (χ2n) is 3.91. The van der Waals surface area contributed by atoms with Crippen LogP contribution in [0, 0.1) is 0 Å². The molecule has 2 atom stereocenters. The van der Waals surface area contributed by atoms with Crippen LogP contribution >= 0.6 is 12.2 Å². The molecule has 3 heteroatoms. The van der Waals surface area contributed by atoms with Gasteiger partial charge in [0, 0.05) is 6.42 Å². The smallest absolute Gasteiger partial charge is 0.114 e. The summed E-state index contributed by atoms with van der Waals surface area (Å²) in [6, 6.07) is 10.2. The Morgan fingerprint density at radius 3 is 2.57 bits per heavy atom. The highest BCUT2D eigenvalue weighted by Gasteiger charge is 2.38. The van der Waals surface area contributed by atoms with Gasteiger partial charge in [0.05, 0.1) is 6.04 Å². The number of hydrogen-bond acceptors (Lipinski definition) is 2. The summed E-state index contributed by atoms with van der Waals surface area (Å²) >= 11 is 5.07. The molecular formula is C11H13NOS. The normalized spacial score (nSPS) is 31.6. The van der Waals surface area contributed by atoms with Crippen molar-refractivity contribution in [2.45, 2.75) is 25.0 Å². The Kier molecular flexibility index (Phi) is 2.29. The molecule has 2 N–H and O–H groups in total. The van der Waals surface area contributed by atoms with Gasteiger partial charge in [-0.25, -0.2) is 0 Å². The van der Waals surface area contributed by atoms with Gasteiger partial charge in [-0.2, -0.15) is 0 Å². The number of rotatable bonds is 1. The van der Waals surface area contributed by atoms with Crippen LogP contribution < -0.4 is 5.32 Å². The van der Waals surface area contributed by atoms with Gasteiger partial charge in [-0.3, -0.25) is 0 Å². The highest BCUT2D eigenvalue weighted by Crippen LogP contribution is 2.31. The van der Waals surface area contributed by atoms with Crippen LogP contribution in [0.25, 0.3) is 0 Å². The minimum absolute atomic E-state index is 0.152. The fourth-order valence-corrected chi connectivity index (χ4v) is 1.97. The Morgan fingerprint density at radius 2 is 2.07 bits per heavy atom. The molecule has 0 aromatic heterocycles. The first kappa shape index (κ1) is 9.62. The average Bonchev–Trinajstić information content (AvgIpc) is 2.43. The zero-order valence-electron chi connectivity index (χ0n) is 8.03. The maximum absolute atomic E-state index is 9.89. The molecule has 0 unspecified atom stereocenters. The van der Waals surface area contributed by atoms with Crippen LogP contribution in [0.15, 0.2) is 30.3 Å². The quantitative estimate of drug-likeness (QED) is 0.689. The summed E-state index contributed by atoms with van der Waals surface area (Å²) in [4.78, 5) is 0.548. The fourth-order valence-electron chi connectivity index (χ4n) is 1.74. The summed E-state index contributed by atoms with van der Waals surface area (Å²) < 4.78 is 0. The van der Waals surface area contributed by atoms with Gasteiger partial charge in [0.15, 0.2) is 0 Å². The van der Waals surface area contributed by atoms with E-state index in [9.17, 15) is 5.11 Å². The zero-order chi connectivity index (χ0) is 10.2. The molecule has 0 bridgehead atoms. The van der Waals surface area contributed by atoms with Gasteiger partial charge < -0.3 is 10.4 Å². The van der Waals surface area contributed by atoms with Crippen molar-refractivity contribution in [2.75, 3.05) is 0 Å². The highest BCUT2D eigenvalue weighted by molar-refractivity contribution is 7.80. The molecule has 1 fully saturated rings. The van der Waals surface area contributed by atoms with Gasteiger partial charge in [-0.05, 0) is 12.5 Å². The van der Waals surface area contributed by atoms with E-state index in [4.69, 9.17) is 12.2 Å². The van der Waals surface area contributed by atoms with Crippen LogP contribution in [0.5, 0.6) is 0 Å². The monoisotopic (exact) mass is 207 g/mol. The van der Waals surface area contributed by atoms with Crippen molar-refractivity contribution in [3.05, 3.63) is 35.9 Å². The molecule has 2 nitrogen and oxygen atoms in total. The molecule has 0 spiro atoms. The van der Waals surface area contributed by atoms with Crippen LogP contribution in [0.1, 0.15) is 24.9 Å². The van der Waals surface area contributed by atoms with Gasteiger partial charge in [-0.1, -0.05) is 42.5 Å². The molecule has 1 heterocycles. The number of nitrogens with one attached hydrogen (secondary N) is 1. The summed E-state index contributed by atoms with van der Waals surface area (Å²) in [7, 11) is 0. The number of hydrogen-bond donors (Lipinski definition) is 2. The highest BCUT2D eigenvalue weighted by atomic mass is 32.1. The fraction of sp³-hybridized carbons (Fsp3) is 0.364.